The standard InChI is InChI=1S/C16H24N2O2/c1-2-18-10-4-3-5-15(18)12-17-11-13-6-8-14(9-7-13)16(19)20/h6-9,15,17H,2-5,10-12H2,1H3,(H,19,20). The summed E-state index contributed by atoms with van der Waals surface area (Å²) in [6, 6.07) is 7.74. The molecule has 1 aliphatic rings. The predicted molar refractivity (Wildman–Crippen MR) is 80.0 cm³/mol. The molecule has 110 valence electrons. The highest BCUT2D eigenvalue weighted by atomic mass is 16.4. The van der Waals surface area contributed by atoms with E-state index in [1.807, 2.05) is 12.1 Å². The van der Waals surface area contributed by atoms with Gasteiger partial charge in [-0.2, -0.15) is 0 Å². The second-order valence-electron chi connectivity index (χ2n) is 5.41. The van der Waals surface area contributed by atoms with Crippen LogP contribution in [-0.4, -0.2) is 41.7 Å². The molecule has 1 aromatic rings. The minimum atomic E-state index is -0.870. The lowest BCUT2D eigenvalue weighted by molar-refractivity contribution is 0.0697. The Bertz CT molecular complexity index is 431. The van der Waals surface area contributed by atoms with Gasteiger partial charge in [-0.3, -0.25) is 4.90 Å². The topological polar surface area (TPSA) is 52.6 Å². The minimum Gasteiger partial charge on any atom is -0.478 e. The number of carboxylic acid groups (broad SMARTS) is 1. The van der Waals surface area contributed by atoms with E-state index in [2.05, 4.69) is 17.1 Å². The monoisotopic (exact) mass is 276 g/mol. The summed E-state index contributed by atoms with van der Waals surface area (Å²) in [4.78, 5) is 13.3. The van der Waals surface area contributed by atoms with Gasteiger partial charge in [0.2, 0.25) is 0 Å². The van der Waals surface area contributed by atoms with E-state index in [0.717, 1.165) is 25.2 Å². The Labute approximate surface area is 120 Å². The molecule has 1 aromatic carbocycles. The molecule has 4 heteroatoms. The largest absolute Gasteiger partial charge is 0.478 e. The first kappa shape index (κ1) is 15.0. The zero-order chi connectivity index (χ0) is 14.4. The first-order valence-electron chi connectivity index (χ1n) is 7.47. The summed E-state index contributed by atoms with van der Waals surface area (Å²) < 4.78 is 0. The molecule has 2 rings (SSSR count). The maximum atomic E-state index is 10.8. The third-order valence-electron chi connectivity index (χ3n) is 4.07. The van der Waals surface area contributed by atoms with Crippen LogP contribution in [0, 0.1) is 0 Å². The lowest BCUT2D eigenvalue weighted by atomic mass is 10.0. The number of benzene rings is 1. The Morgan fingerprint density at radius 1 is 1.35 bits per heavy atom. The van der Waals surface area contributed by atoms with E-state index in [9.17, 15) is 4.79 Å². The van der Waals surface area contributed by atoms with E-state index >= 15 is 0 Å². The molecule has 1 aliphatic heterocycles. The normalized spacial score (nSPS) is 19.9. The molecule has 2 N–H and O–H groups in total. The van der Waals surface area contributed by atoms with E-state index < -0.39 is 5.97 Å². The Balaban J connectivity index is 1.78. The van der Waals surface area contributed by atoms with E-state index in [1.54, 1.807) is 12.1 Å². The Morgan fingerprint density at radius 3 is 2.75 bits per heavy atom. The van der Waals surface area contributed by atoms with E-state index in [1.165, 1.54) is 25.8 Å². The van der Waals surface area contributed by atoms with Gasteiger partial charge in [-0.15, -0.1) is 0 Å². The number of aromatic carboxylic acids is 1. The molecule has 0 radical (unpaired) electrons. The molecule has 0 aliphatic carbocycles. The molecule has 1 heterocycles. The smallest absolute Gasteiger partial charge is 0.335 e. The predicted octanol–water partition coefficient (Wildman–Crippen LogP) is 2.35. The zero-order valence-electron chi connectivity index (χ0n) is 12.1. The summed E-state index contributed by atoms with van der Waals surface area (Å²) in [5.41, 5.74) is 1.48. The molecule has 1 saturated heterocycles. The molecule has 0 amide bonds. The van der Waals surface area contributed by atoms with Crippen LogP contribution in [0.25, 0.3) is 0 Å². The number of piperidine rings is 1. The molecule has 20 heavy (non-hydrogen) atoms. The van der Waals surface area contributed by atoms with Gasteiger partial charge in [0.05, 0.1) is 5.56 Å². The zero-order valence-corrected chi connectivity index (χ0v) is 12.1. The number of nitrogens with zero attached hydrogens (tertiary/aromatic N) is 1. The lowest BCUT2D eigenvalue weighted by Gasteiger charge is -2.35. The van der Waals surface area contributed by atoms with Crippen LogP contribution in [0.4, 0.5) is 0 Å². The summed E-state index contributed by atoms with van der Waals surface area (Å²) in [5, 5.41) is 12.4. The fourth-order valence-electron chi connectivity index (χ4n) is 2.86. The van der Waals surface area contributed by atoms with Gasteiger partial charge in [-0.1, -0.05) is 25.5 Å². The van der Waals surface area contributed by atoms with Crippen molar-refractivity contribution in [3.63, 3.8) is 0 Å². The van der Waals surface area contributed by atoms with Crippen LogP contribution in [0.3, 0.4) is 0 Å². The van der Waals surface area contributed by atoms with E-state index in [0.29, 0.717) is 11.6 Å². The van der Waals surface area contributed by atoms with Gasteiger partial charge in [0.1, 0.15) is 0 Å². The highest BCUT2D eigenvalue weighted by molar-refractivity contribution is 5.87. The average molecular weight is 276 g/mol. The third-order valence-corrected chi connectivity index (χ3v) is 4.07. The van der Waals surface area contributed by atoms with Crippen LogP contribution in [0.2, 0.25) is 0 Å². The van der Waals surface area contributed by atoms with Crippen molar-refractivity contribution in [3.05, 3.63) is 35.4 Å². The highest BCUT2D eigenvalue weighted by Crippen LogP contribution is 2.15. The van der Waals surface area contributed by atoms with Crippen molar-refractivity contribution in [2.75, 3.05) is 19.6 Å². The summed E-state index contributed by atoms with van der Waals surface area (Å²) in [5.74, 6) is -0.870. The Kier molecular flexibility index (Phi) is 5.56. The fraction of sp³-hybridized carbons (Fsp3) is 0.562. The molecule has 0 bridgehead atoms. The summed E-state index contributed by atoms with van der Waals surface area (Å²) >= 11 is 0. The summed E-state index contributed by atoms with van der Waals surface area (Å²) in [6.45, 7) is 6.38. The highest BCUT2D eigenvalue weighted by Gasteiger charge is 2.19. The quantitative estimate of drug-likeness (QED) is 0.837. The lowest BCUT2D eigenvalue weighted by Crippen LogP contribution is -2.45. The first-order valence-corrected chi connectivity index (χ1v) is 7.47. The molecular formula is C16H24N2O2. The van der Waals surface area contributed by atoms with Crippen LogP contribution in [0.5, 0.6) is 0 Å². The summed E-state index contributed by atoms with van der Waals surface area (Å²) in [7, 11) is 0. The van der Waals surface area contributed by atoms with Crippen LogP contribution >= 0.6 is 0 Å². The number of likely N-dealkylation sites (tertiary alicyclic amines) is 1. The van der Waals surface area contributed by atoms with Crippen LogP contribution in [-0.2, 0) is 6.54 Å². The fourth-order valence-corrected chi connectivity index (χ4v) is 2.86. The molecule has 0 aromatic heterocycles. The SMILES string of the molecule is CCN1CCCCC1CNCc1ccc(C(=O)O)cc1. The van der Waals surface area contributed by atoms with Crippen molar-refractivity contribution in [1.29, 1.82) is 0 Å². The second-order valence-corrected chi connectivity index (χ2v) is 5.41. The summed E-state index contributed by atoms with van der Waals surface area (Å²) in [6.07, 6.45) is 3.93. The Hall–Kier alpha value is -1.39. The average Bonchev–Trinajstić information content (AvgIpc) is 2.48. The first-order chi connectivity index (χ1) is 9.70. The van der Waals surface area contributed by atoms with Crippen molar-refractivity contribution in [2.45, 2.75) is 38.8 Å². The molecular weight excluding hydrogens is 252 g/mol. The van der Waals surface area contributed by atoms with Gasteiger partial charge in [0.15, 0.2) is 0 Å². The molecule has 0 saturated carbocycles. The number of rotatable bonds is 6. The van der Waals surface area contributed by atoms with Crippen LogP contribution in [0.1, 0.15) is 42.1 Å². The van der Waals surface area contributed by atoms with Gasteiger partial charge in [0, 0.05) is 19.1 Å². The maximum absolute atomic E-state index is 10.8. The molecule has 0 spiro atoms. The van der Waals surface area contributed by atoms with Crippen molar-refractivity contribution < 1.29 is 9.90 Å². The van der Waals surface area contributed by atoms with Gasteiger partial charge < -0.3 is 10.4 Å². The van der Waals surface area contributed by atoms with Gasteiger partial charge in [-0.25, -0.2) is 4.79 Å². The molecule has 1 fully saturated rings. The molecule has 4 nitrogen and oxygen atoms in total. The van der Waals surface area contributed by atoms with Gasteiger partial charge in [0.25, 0.3) is 0 Å². The van der Waals surface area contributed by atoms with Crippen molar-refractivity contribution in [3.8, 4) is 0 Å². The minimum absolute atomic E-state index is 0.346. The number of likely N-dealkylation sites (N-methyl/N-ethyl adjacent to an activating group) is 1. The maximum Gasteiger partial charge on any atom is 0.335 e. The Morgan fingerprint density at radius 2 is 2.10 bits per heavy atom. The van der Waals surface area contributed by atoms with Crippen molar-refractivity contribution in [1.82, 2.24) is 10.2 Å². The number of hydrogen-bond donors (Lipinski definition) is 2. The molecule has 1 unspecified atom stereocenters. The number of hydrogen-bond acceptors (Lipinski definition) is 3. The van der Waals surface area contributed by atoms with E-state index in [4.69, 9.17) is 5.11 Å². The number of nitrogens with one attached hydrogen (secondary N) is 1. The van der Waals surface area contributed by atoms with Crippen molar-refractivity contribution >= 4 is 5.97 Å². The van der Waals surface area contributed by atoms with E-state index in [-0.39, 0.29) is 0 Å². The molecule has 1 atom stereocenters. The second kappa shape index (κ2) is 7.41. The van der Waals surface area contributed by atoms with Gasteiger partial charge >= 0.3 is 5.97 Å². The third kappa shape index (κ3) is 4.05. The van der Waals surface area contributed by atoms with Gasteiger partial charge in [-0.05, 0) is 43.6 Å². The van der Waals surface area contributed by atoms with Crippen LogP contribution < -0.4 is 5.32 Å². The number of carboxylic acids is 1. The van der Waals surface area contributed by atoms with Crippen molar-refractivity contribution in [2.24, 2.45) is 0 Å². The van der Waals surface area contributed by atoms with Crippen LogP contribution in [0.15, 0.2) is 24.3 Å². The number of carbonyl (C=O) groups is 1.